The van der Waals surface area contributed by atoms with E-state index in [1.807, 2.05) is 19.9 Å². The van der Waals surface area contributed by atoms with E-state index in [1.165, 1.54) is 28.6 Å². The molecule has 8 nitrogen and oxygen atoms in total. The maximum atomic E-state index is 12.9. The van der Waals surface area contributed by atoms with Crippen molar-refractivity contribution < 1.29 is 22.7 Å². The molecule has 1 aliphatic rings. The van der Waals surface area contributed by atoms with Gasteiger partial charge in [0, 0.05) is 18.8 Å². The van der Waals surface area contributed by atoms with Gasteiger partial charge in [-0.05, 0) is 66.8 Å². The fourth-order valence-electron chi connectivity index (χ4n) is 3.75. The molecular formula is C23H25N3O5S. The Balaban J connectivity index is 1.57. The monoisotopic (exact) mass is 455 g/mol. The van der Waals surface area contributed by atoms with Crippen LogP contribution >= 0.6 is 0 Å². The molecule has 1 heterocycles. The molecule has 3 rings (SSSR count). The molecule has 1 amide bonds. The first kappa shape index (κ1) is 23.4. The Morgan fingerprint density at radius 1 is 1.06 bits per heavy atom. The van der Waals surface area contributed by atoms with Crippen LogP contribution in [0.15, 0.2) is 53.4 Å². The minimum Gasteiger partial charge on any atom is -0.452 e. The number of amides is 1. The molecule has 1 N–H and O–H groups in total. The van der Waals surface area contributed by atoms with E-state index in [-0.39, 0.29) is 10.5 Å². The van der Waals surface area contributed by atoms with Crippen LogP contribution in [0.25, 0.3) is 0 Å². The van der Waals surface area contributed by atoms with Crippen molar-refractivity contribution in [1.82, 2.24) is 4.31 Å². The lowest BCUT2D eigenvalue weighted by atomic mass is 9.94. The highest BCUT2D eigenvalue weighted by atomic mass is 32.2. The minimum absolute atomic E-state index is 0.119. The predicted molar refractivity (Wildman–Crippen MR) is 118 cm³/mol. The number of hydrogen-bond donors (Lipinski definition) is 1. The Bertz CT molecular complexity index is 1110. The van der Waals surface area contributed by atoms with Crippen LogP contribution in [0.2, 0.25) is 0 Å². The molecule has 9 heteroatoms. The molecule has 1 fully saturated rings. The molecule has 0 aliphatic carbocycles. The van der Waals surface area contributed by atoms with Gasteiger partial charge in [0.05, 0.1) is 22.1 Å². The van der Waals surface area contributed by atoms with Gasteiger partial charge < -0.3 is 10.1 Å². The van der Waals surface area contributed by atoms with Crippen molar-refractivity contribution in [1.29, 1.82) is 5.26 Å². The Morgan fingerprint density at radius 3 is 2.22 bits per heavy atom. The number of benzene rings is 2. The molecule has 0 radical (unpaired) electrons. The lowest BCUT2D eigenvalue weighted by Crippen LogP contribution is -2.42. The SMILES string of the molecule is C[C@@H]1C[C@@H](C)CN(S(=O)(=O)c2ccc(C(=O)OCC(=O)Nc3ccc(C#N)cc3)cc2)C1. The third kappa shape index (κ3) is 5.72. The summed E-state index contributed by atoms with van der Waals surface area (Å²) in [6, 6.07) is 13.8. The first-order valence-corrected chi connectivity index (χ1v) is 11.7. The van der Waals surface area contributed by atoms with Crippen molar-refractivity contribution in [3.63, 3.8) is 0 Å². The van der Waals surface area contributed by atoms with Crippen LogP contribution in [0.5, 0.6) is 0 Å². The summed E-state index contributed by atoms with van der Waals surface area (Å²) in [7, 11) is -3.64. The zero-order chi connectivity index (χ0) is 23.3. The Kier molecular flexibility index (Phi) is 7.28. The molecule has 0 aromatic heterocycles. The van der Waals surface area contributed by atoms with Crippen molar-refractivity contribution in [2.75, 3.05) is 25.0 Å². The maximum absolute atomic E-state index is 12.9. The summed E-state index contributed by atoms with van der Waals surface area (Å²) < 4.78 is 32.4. The number of hydrogen-bond acceptors (Lipinski definition) is 6. The number of piperidine rings is 1. The standard InChI is InChI=1S/C23H25N3O5S/c1-16-11-17(2)14-26(13-16)32(29,30)21-9-5-19(6-10-21)23(28)31-15-22(27)25-20-7-3-18(12-24)4-8-20/h3-10,16-17H,11,13-15H2,1-2H3,(H,25,27)/t16-,17-/m1/s1. The fraction of sp³-hybridized carbons (Fsp3) is 0.348. The lowest BCUT2D eigenvalue weighted by molar-refractivity contribution is -0.119. The Labute approximate surface area is 187 Å². The average molecular weight is 456 g/mol. The second kappa shape index (κ2) is 9.94. The topological polar surface area (TPSA) is 117 Å². The van der Waals surface area contributed by atoms with Gasteiger partial charge in [0.1, 0.15) is 0 Å². The van der Waals surface area contributed by atoms with E-state index in [1.54, 1.807) is 24.3 Å². The molecular weight excluding hydrogens is 430 g/mol. The van der Waals surface area contributed by atoms with E-state index in [2.05, 4.69) is 5.32 Å². The van der Waals surface area contributed by atoms with Gasteiger partial charge >= 0.3 is 5.97 Å². The van der Waals surface area contributed by atoms with E-state index in [4.69, 9.17) is 10.00 Å². The van der Waals surface area contributed by atoms with Gasteiger partial charge in [0.2, 0.25) is 10.0 Å². The predicted octanol–water partition coefficient (Wildman–Crippen LogP) is 3.02. The number of esters is 1. The molecule has 168 valence electrons. The molecule has 0 spiro atoms. The number of sulfonamides is 1. The number of carbonyl (C=O) groups excluding carboxylic acids is 2. The van der Waals surface area contributed by atoms with Gasteiger partial charge in [-0.25, -0.2) is 13.2 Å². The third-order valence-electron chi connectivity index (χ3n) is 5.20. The Hall–Kier alpha value is -3.22. The summed E-state index contributed by atoms with van der Waals surface area (Å²) >= 11 is 0. The number of nitrogens with zero attached hydrogens (tertiary/aromatic N) is 2. The number of carbonyl (C=O) groups is 2. The van der Waals surface area contributed by atoms with Crippen molar-refractivity contribution in [2.45, 2.75) is 25.2 Å². The fourth-order valence-corrected chi connectivity index (χ4v) is 5.43. The van der Waals surface area contributed by atoms with E-state index in [0.29, 0.717) is 36.2 Å². The quantitative estimate of drug-likeness (QED) is 0.669. The third-order valence-corrected chi connectivity index (χ3v) is 7.04. The molecule has 1 saturated heterocycles. The summed E-state index contributed by atoms with van der Waals surface area (Å²) in [5.41, 5.74) is 1.08. The van der Waals surface area contributed by atoms with Crippen molar-refractivity contribution in [3.8, 4) is 6.07 Å². The van der Waals surface area contributed by atoms with Gasteiger partial charge in [-0.15, -0.1) is 0 Å². The number of nitriles is 1. The number of rotatable bonds is 6. The second-order valence-corrected chi connectivity index (χ2v) is 10.0. The van der Waals surface area contributed by atoms with E-state index in [0.717, 1.165) is 6.42 Å². The van der Waals surface area contributed by atoms with Crippen LogP contribution in [0, 0.1) is 23.2 Å². The second-order valence-electron chi connectivity index (χ2n) is 8.11. The summed E-state index contributed by atoms with van der Waals surface area (Å²) in [5, 5.41) is 11.3. The normalized spacial score (nSPS) is 19.0. The highest BCUT2D eigenvalue weighted by molar-refractivity contribution is 7.89. The van der Waals surface area contributed by atoms with Gasteiger partial charge in [-0.2, -0.15) is 9.57 Å². The summed E-state index contributed by atoms with van der Waals surface area (Å²) in [4.78, 5) is 24.3. The van der Waals surface area contributed by atoms with Crippen LogP contribution < -0.4 is 5.32 Å². The van der Waals surface area contributed by atoms with Crippen molar-refractivity contribution >= 4 is 27.6 Å². The summed E-state index contributed by atoms with van der Waals surface area (Å²) in [6.07, 6.45) is 0.996. The van der Waals surface area contributed by atoms with Crippen LogP contribution in [-0.2, 0) is 19.6 Å². The van der Waals surface area contributed by atoms with Gasteiger partial charge in [-0.3, -0.25) is 4.79 Å². The summed E-state index contributed by atoms with van der Waals surface area (Å²) in [6.45, 7) is 4.53. The van der Waals surface area contributed by atoms with E-state index in [9.17, 15) is 18.0 Å². The molecule has 2 aromatic rings. The smallest absolute Gasteiger partial charge is 0.338 e. The van der Waals surface area contributed by atoms with Crippen LogP contribution in [0.1, 0.15) is 36.2 Å². The zero-order valence-corrected chi connectivity index (χ0v) is 18.8. The van der Waals surface area contributed by atoms with Crippen LogP contribution in [0.3, 0.4) is 0 Å². The van der Waals surface area contributed by atoms with E-state index < -0.39 is 28.5 Å². The first-order valence-electron chi connectivity index (χ1n) is 10.3. The first-order chi connectivity index (χ1) is 15.2. The number of anilines is 1. The number of nitrogens with one attached hydrogen (secondary N) is 1. The molecule has 1 aliphatic heterocycles. The molecule has 2 atom stereocenters. The molecule has 2 aromatic carbocycles. The van der Waals surface area contributed by atoms with Crippen LogP contribution in [0.4, 0.5) is 5.69 Å². The van der Waals surface area contributed by atoms with Gasteiger partial charge in [0.25, 0.3) is 5.91 Å². The molecule has 32 heavy (non-hydrogen) atoms. The zero-order valence-electron chi connectivity index (χ0n) is 17.9. The number of ether oxygens (including phenoxy) is 1. The van der Waals surface area contributed by atoms with Crippen LogP contribution in [-0.4, -0.2) is 44.3 Å². The molecule has 0 saturated carbocycles. The molecule has 0 bridgehead atoms. The lowest BCUT2D eigenvalue weighted by Gasteiger charge is -2.34. The molecule has 0 unspecified atom stereocenters. The van der Waals surface area contributed by atoms with Crippen molar-refractivity contribution in [3.05, 3.63) is 59.7 Å². The van der Waals surface area contributed by atoms with Gasteiger partial charge in [-0.1, -0.05) is 13.8 Å². The maximum Gasteiger partial charge on any atom is 0.338 e. The largest absolute Gasteiger partial charge is 0.452 e. The summed E-state index contributed by atoms with van der Waals surface area (Å²) in [5.74, 6) is -0.684. The minimum atomic E-state index is -3.64. The average Bonchev–Trinajstić information content (AvgIpc) is 2.77. The van der Waals surface area contributed by atoms with Crippen molar-refractivity contribution in [2.24, 2.45) is 11.8 Å². The highest BCUT2D eigenvalue weighted by Crippen LogP contribution is 2.26. The highest BCUT2D eigenvalue weighted by Gasteiger charge is 2.31. The Morgan fingerprint density at radius 2 is 1.66 bits per heavy atom. The van der Waals surface area contributed by atoms with Gasteiger partial charge in [0.15, 0.2) is 6.61 Å². The van der Waals surface area contributed by atoms with E-state index >= 15 is 0 Å².